The van der Waals surface area contributed by atoms with Crippen LogP contribution in [0.3, 0.4) is 0 Å². The van der Waals surface area contributed by atoms with Gasteiger partial charge in [-0.15, -0.1) is 11.3 Å². The molecule has 0 aliphatic carbocycles. The quantitative estimate of drug-likeness (QED) is 0.456. The summed E-state index contributed by atoms with van der Waals surface area (Å²) in [6.07, 6.45) is 1.86. The minimum absolute atomic E-state index is 0.00391. The lowest BCUT2D eigenvalue weighted by molar-refractivity contribution is -0.134. The average molecular weight is 420 g/mol. The fourth-order valence-electron chi connectivity index (χ4n) is 3.98. The highest BCUT2D eigenvalue weighted by molar-refractivity contribution is 7.18. The van der Waals surface area contributed by atoms with E-state index in [9.17, 15) is 9.59 Å². The summed E-state index contributed by atoms with van der Waals surface area (Å²) in [5.41, 5.74) is 1.88. The average Bonchev–Trinajstić information content (AvgIpc) is 3.38. The number of likely N-dealkylation sites (tertiary alicyclic amines) is 1. The number of ether oxygens (including phenoxy) is 1. The Morgan fingerprint density at radius 3 is 3.00 bits per heavy atom. The van der Waals surface area contributed by atoms with Gasteiger partial charge in [-0.1, -0.05) is 12.1 Å². The SMILES string of the molecule is Cc1cc(=O)oc2cc(OCC(=O)N3CCCC3c3nc4ccccc4s3)ccc12. The summed E-state index contributed by atoms with van der Waals surface area (Å²) >= 11 is 1.65. The molecule has 0 bridgehead atoms. The van der Waals surface area contributed by atoms with Gasteiger partial charge in [0.2, 0.25) is 0 Å². The van der Waals surface area contributed by atoms with Crippen LogP contribution in [-0.2, 0) is 4.79 Å². The molecule has 1 amide bonds. The Labute approximate surface area is 176 Å². The zero-order chi connectivity index (χ0) is 20.7. The monoisotopic (exact) mass is 420 g/mol. The fraction of sp³-hybridized carbons (Fsp3) is 0.261. The molecule has 0 spiro atoms. The summed E-state index contributed by atoms with van der Waals surface area (Å²) in [7, 11) is 0. The Hall–Kier alpha value is -3.19. The molecule has 6 nitrogen and oxygen atoms in total. The van der Waals surface area contributed by atoms with Gasteiger partial charge in [-0.2, -0.15) is 0 Å². The van der Waals surface area contributed by atoms with Gasteiger partial charge in [0.15, 0.2) is 6.61 Å². The summed E-state index contributed by atoms with van der Waals surface area (Å²) < 4.78 is 12.1. The first-order valence-corrected chi connectivity index (χ1v) is 10.7. The van der Waals surface area contributed by atoms with Crippen LogP contribution >= 0.6 is 11.3 Å². The van der Waals surface area contributed by atoms with Crippen molar-refractivity contribution in [1.82, 2.24) is 9.88 Å². The number of aromatic nitrogens is 1. The number of thiazole rings is 1. The van der Waals surface area contributed by atoms with Crippen molar-refractivity contribution in [3.8, 4) is 5.75 Å². The third-order valence-electron chi connectivity index (χ3n) is 5.45. The van der Waals surface area contributed by atoms with E-state index < -0.39 is 5.63 Å². The van der Waals surface area contributed by atoms with E-state index in [0.717, 1.165) is 39.0 Å². The third kappa shape index (κ3) is 3.45. The molecular formula is C23H20N2O4S. The molecule has 2 aromatic heterocycles. The number of carbonyl (C=O) groups is 1. The van der Waals surface area contributed by atoms with Gasteiger partial charge in [0.25, 0.3) is 5.91 Å². The molecular weight excluding hydrogens is 400 g/mol. The van der Waals surface area contributed by atoms with E-state index in [1.165, 1.54) is 6.07 Å². The maximum atomic E-state index is 12.9. The zero-order valence-electron chi connectivity index (χ0n) is 16.5. The number of carbonyl (C=O) groups excluding carboxylic acids is 1. The number of benzene rings is 2. The van der Waals surface area contributed by atoms with Gasteiger partial charge in [-0.3, -0.25) is 4.79 Å². The van der Waals surface area contributed by atoms with E-state index in [0.29, 0.717) is 17.9 Å². The number of hydrogen-bond donors (Lipinski definition) is 0. The van der Waals surface area contributed by atoms with Crippen LogP contribution in [0, 0.1) is 6.92 Å². The van der Waals surface area contributed by atoms with Crippen molar-refractivity contribution < 1.29 is 13.9 Å². The summed E-state index contributed by atoms with van der Waals surface area (Å²) in [5, 5.41) is 1.83. The first-order valence-electron chi connectivity index (χ1n) is 9.91. The second kappa shape index (κ2) is 7.57. The topological polar surface area (TPSA) is 72.6 Å². The van der Waals surface area contributed by atoms with E-state index in [1.54, 1.807) is 23.5 Å². The molecule has 2 aromatic carbocycles. The summed E-state index contributed by atoms with van der Waals surface area (Å²) in [4.78, 5) is 31.1. The van der Waals surface area contributed by atoms with E-state index in [1.807, 2.05) is 36.1 Å². The van der Waals surface area contributed by atoms with Crippen molar-refractivity contribution >= 4 is 38.4 Å². The van der Waals surface area contributed by atoms with Gasteiger partial charge in [-0.05, 0) is 49.6 Å². The Balaban J connectivity index is 1.32. The molecule has 1 fully saturated rings. The molecule has 3 heterocycles. The summed E-state index contributed by atoms with van der Waals surface area (Å²) in [6.45, 7) is 2.50. The van der Waals surface area contributed by atoms with Crippen molar-refractivity contribution in [3.63, 3.8) is 0 Å². The first kappa shape index (κ1) is 18.8. The molecule has 152 valence electrons. The number of fused-ring (bicyclic) bond motifs is 2. The van der Waals surface area contributed by atoms with Crippen LogP contribution < -0.4 is 10.4 Å². The van der Waals surface area contributed by atoms with Gasteiger partial charge in [0, 0.05) is 24.1 Å². The molecule has 1 aliphatic heterocycles. The number of amides is 1. The molecule has 1 atom stereocenters. The smallest absolute Gasteiger partial charge is 0.336 e. The van der Waals surface area contributed by atoms with Crippen LogP contribution in [0.15, 0.2) is 57.7 Å². The van der Waals surface area contributed by atoms with Crippen LogP contribution in [-0.4, -0.2) is 28.9 Å². The molecule has 30 heavy (non-hydrogen) atoms. The number of nitrogens with zero attached hydrogens (tertiary/aromatic N) is 2. The van der Waals surface area contributed by atoms with Gasteiger partial charge in [0.05, 0.1) is 16.3 Å². The lowest BCUT2D eigenvalue weighted by Gasteiger charge is -2.23. The van der Waals surface area contributed by atoms with E-state index in [4.69, 9.17) is 14.1 Å². The van der Waals surface area contributed by atoms with Crippen molar-refractivity contribution in [2.75, 3.05) is 13.2 Å². The summed E-state index contributed by atoms with van der Waals surface area (Å²) in [5.74, 6) is 0.433. The molecule has 0 radical (unpaired) electrons. The van der Waals surface area contributed by atoms with Crippen molar-refractivity contribution in [2.45, 2.75) is 25.8 Å². The first-order chi connectivity index (χ1) is 14.6. The molecule has 7 heteroatoms. The third-order valence-corrected chi connectivity index (χ3v) is 6.59. The normalized spacial score (nSPS) is 16.4. The van der Waals surface area contributed by atoms with Crippen LogP contribution in [0.2, 0.25) is 0 Å². The molecule has 1 aliphatic rings. The highest BCUT2D eigenvalue weighted by atomic mass is 32.1. The largest absolute Gasteiger partial charge is 0.484 e. The van der Waals surface area contributed by atoms with Gasteiger partial charge in [-0.25, -0.2) is 9.78 Å². The second-order valence-electron chi connectivity index (χ2n) is 7.46. The number of rotatable bonds is 4. The standard InChI is InChI=1S/C23H20N2O4S/c1-14-11-22(27)29-19-12-15(8-9-16(14)19)28-13-21(26)25-10-4-6-18(25)23-24-17-5-2-3-7-20(17)30-23/h2-3,5,7-9,11-12,18H,4,6,10,13H2,1H3. The minimum atomic E-state index is -0.399. The van der Waals surface area contributed by atoms with E-state index in [2.05, 4.69) is 6.07 Å². The highest BCUT2D eigenvalue weighted by Gasteiger charge is 2.32. The summed E-state index contributed by atoms with van der Waals surface area (Å²) in [6, 6.07) is 14.8. The Bertz CT molecular complexity index is 1280. The Morgan fingerprint density at radius 1 is 1.27 bits per heavy atom. The lowest BCUT2D eigenvalue weighted by Crippen LogP contribution is -2.34. The minimum Gasteiger partial charge on any atom is -0.484 e. The van der Waals surface area contributed by atoms with Gasteiger partial charge in [0.1, 0.15) is 16.3 Å². The molecule has 1 saturated heterocycles. The maximum Gasteiger partial charge on any atom is 0.336 e. The molecule has 1 unspecified atom stereocenters. The number of para-hydroxylation sites is 1. The van der Waals surface area contributed by atoms with E-state index in [-0.39, 0.29) is 18.6 Å². The van der Waals surface area contributed by atoms with E-state index >= 15 is 0 Å². The number of hydrogen-bond acceptors (Lipinski definition) is 6. The zero-order valence-corrected chi connectivity index (χ0v) is 17.3. The second-order valence-corrected chi connectivity index (χ2v) is 8.52. The Morgan fingerprint density at radius 2 is 2.13 bits per heavy atom. The number of aryl methyl sites for hydroxylation is 1. The lowest BCUT2D eigenvalue weighted by atomic mass is 10.1. The van der Waals surface area contributed by atoms with Crippen LogP contribution in [0.25, 0.3) is 21.2 Å². The van der Waals surface area contributed by atoms with Crippen molar-refractivity contribution in [3.05, 3.63) is 69.5 Å². The Kier molecular flexibility index (Phi) is 4.75. The van der Waals surface area contributed by atoms with Gasteiger partial charge < -0.3 is 14.1 Å². The predicted molar refractivity (Wildman–Crippen MR) is 116 cm³/mol. The fourth-order valence-corrected chi connectivity index (χ4v) is 5.09. The highest BCUT2D eigenvalue weighted by Crippen LogP contribution is 2.36. The van der Waals surface area contributed by atoms with Crippen LogP contribution in [0.5, 0.6) is 5.75 Å². The van der Waals surface area contributed by atoms with Crippen molar-refractivity contribution in [1.29, 1.82) is 0 Å². The van der Waals surface area contributed by atoms with Gasteiger partial charge >= 0.3 is 5.63 Å². The van der Waals surface area contributed by atoms with Crippen LogP contribution in [0.1, 0.15) is 29.5 Å². The molecule has 0 N–H and O–H groups in total. The molecule has 5 rings (SSSR count). The maximum absolute atomic E-state index is 12.9. The predicted octanol–water partition coefficient (Wildman–Crippen LogP) is 4.45. The molecule has 0 saturated carbocycles. The van der Waals surface area contributed by atoms with Crippen molar-refractivity contribution in [2.24, 2.45) is 0 Å². The van der Waals surface area contributed by atoms with Crippen LogP contribution in [0.4, 0.5) is 0 Å². The molecule has 4 aromatic rings.